The molecule has 0 bridgehead atoms. The molecule has 4 rings (SSSR count). The van der Waals surface area contributed by atoms with Gasteiger partial charge in [0, 0.05) is 0 Å². The van der Waals surface area contributed by atoms with Gasteiger partial charge in [0.15, 0.2) is 0 Å². The zero-order valence-electron chi connectivity index (χ0n) is 19.0. The Balaban J connectivity index is 2.18. The van der Waals surface area contributed by atoms with E-state index in [9.17, 15) is 0 Å². The van der Waals surface area contributed by atoms with Crippen LogP contribution in [0.15, 0.2) is 96.4 Å². The van der Waals surface area contributed by atoms with E-state index in [0.29, 0.717) is 0 Å². The van der Waals surface area contributed by atoms with E-state index in [0.717, 1.165) is 12.8 Å². The molecular formula is C27H29Cl2SiZr. The molecule has 0 radical (unpaired) electrons. The molecule has 0 fully saturated rings. The molecule has 31 heavy (non-hydrogen) atoms. The molecule has 4 heteroatoms. The first kappa shape index (κ1) is 23.4. The molecule has 0 nitrogen and oxygen atoms in total. The van der Waals surface area contributed by atoms with Crippen molar-refractivity contribution in [2.24, 2.45) is 0 Å². The van der Waals surface area contributed by atoms with E-state index in [1.165, 1.54) is 58.6 Å². The van der Waals surface area contributed by atoms with E-state index in [4.69, 9.17) is 17.0 Å². The summed E-state index contributed by atoms with van der Waals surface area (Å²) in [7, 11) is 15.8. The molecule has 3 aliphatic rings. The zero-order valence-corrected chi connectivity index (χ0v) is 24.4. The molecule has 0 spiro atoms. The minimum atomic E-state index is -2.76. The number of halogens is 2. The Bertz CT molecular complexity index is 1160. The fraction of sp³-hybridized carbons (Fsp3) is 0.296. The van der Waals surface area contributed by atoms with E-state index in [1.807, 2.05) is 9.85 Å². The predicted molar refractivity (Wildman–Crippen MR) is 136 cm³/mol. The third-order valence-electron chi connectivity index (χ3n) is 7.34. The number of hydrogen-bond acceptors (Lipinski definition) is 0. The molecule has 1 aromatic rings. The van der Waals surface area contributed by atoms with Crippen LogP contribution in [0.3, 0.4) is 0 Å². The Kier molecular flexibility index (Phi) is 6.68. The Morgan fingerprint density at radius 2 is 1.68 bits per heavy atom. The van der Waals surface area contributed by atoms with Crippen LogP contribution in [-0.2, 0) is 24.8 Å². The standard InChI is InChI=1S/C27H29Si.2ClH.Zr/c1-6-22-18(3)16-24(20(22)5)27(21-11-8-7-9-12-21)25-15-17(2)19(4)23(25)13-10-14-26(27)28;;;/h7-14H,6,16,28H2,1-5H3;2*1H;/q;;;+2/p-2. The molecule has 0 N–H and O–H groups in total. The molecule has 159 valence electrons. The van der Waals surface area contributed by atoms with Crippen molar-refractivity contribution in [1.82, 2.24) is 0 Å². The normalized spacial score (nSPS) is 23.7. The molecule has 0 aromatic heterocycles. The number of benzene rings is 1. The van der Waals surface area contributed by atoms with Crippen LogP contribution >= 0.6 is 17.0 Å². The van der Waals surface area contributed by atoms with Crippen molar-refractivity contribution in [1.29, 1.82) is 0 Å². The van der Waals surface area contributed by atoms with Gasteiger partial charge in [0.1, 0.15) is 0 Å². The van der Waals surface area contributed by atoms with Crippen molar-refractivity contribution < 1.29 is 19.4 Å². The van der Waals surface area contributed by atoms with Gasteiger partial charge in [-0.15, -0.1) is 0 Å². The number of rotatable bonds is 4. The summed E-state index contributed by atoms with van der Waals surface area (Å²) in [5.41, 5.74) is 12.3. The molecule has 1 atom stereocenters. The number of fused-ring (bicyclic) bond motifs is 1. The van der Waals surface area contributed by atoms with Gasteiger partial charge in [-0.2, -0.15) is 0 Å². The summed E-state index contributed by atoms with van der Waals surface area (Å²) < 4.78 is 1.27. The number of allylic oxidation sites excluding steroid dienone is 12. The Labute approximate surface area is 204 Å². The summed E-state index contributed by atoms with van der Waals surface area (Å²) in [4.78, 5) is 0. The van der Waals surface area contributed by atoms with Crippen LogP contribution in [0.25, 0.3) is 0 Å². The van der Waals surface area contributed by atoms with Crippen molar-refractivity contribution in [3.8, 4) is 0 Å². The summed E-state index contributed by atoms with van der Waals surface area (Å²) in [6, 6.07) is 11.0. The van der Waals surface area contributed by atoms with Gasteiger partial charge in [-0.05, 0) is 0 Å². The average Bonchev–Trinajstić information content (AvgIpc) is 3.11. The molecule has 0 aliphatic heterocycles. The molecule has 1 unspecified atom stereocenters. The second-order valence-corrected chi connectivity index (χ2v) is 17.6. The maximum atomic E-state index is 6.90. The van der Waals surface area contributed by atoms with Crippen LogP contribution in [0.4, 0.5) is 0 Å². The van der Waals surface area contributed by atoms with E-state index in [2.05, 4.69) is 83.2 Å². The van der Waals surface area contributed by atoms with Crippen LogP contribution in [-0.4, -0.2) is 15.0 Å². The summed E-state index contributed by atoms with van der Waals surface area (Å²) >= 11 is -2.76. The van der Waals surface area contributed by atoms with E-state index in [-0.39, 0.29) is 5.41 Å². The van der Waals surface area contributed by atoms with E-state index >= 15 is 0 Å². The first-order valence-electron chi connectivity index (χ1n) is 10.9. The van der Waals surface area contributed by atoms with Gasteiger partial charge in [0.2, 0.25) is 0 Å². The fourth-order valence-electron chi connectivity index (χ4n) is 5.80. The van der Waals surface area contributed by atoms with Gasteiger partial charge in [0.05, 0.1) is 0 Å². The molecule has 0 amide bonds. The summed E-state index contributed by atoms with van der Waals surface area (Å²) in [5.74, 6) is 0. The molecule has 0 saturated carbocycles. The quantitative estimate of drug-likeness (QED) is 0.352. The fourth-order valence-corrected chi connectivity index (χ4v) is 11.7. The van der Waals surface area contributed by atoms with Crippen molar-refractivity contribution in [2.45, 2.75) is 52.9 Å². The summed E-state index contributed by atoms with van der Waals surface area (Å²) in [6.07, 6.45) is 8.89. The third-order valence-corrected chi connectivity index (χ3v) is 12.8. The van der Waals surface area contributed by atoms with Gasteiger partial charge >= 0.3 is 206 Å². The molecule has 0 heterocycles. The predicted octanol–water partition coefficient (Wildman–Crippen LogP) is 7.20. The van der Waals surface area contributed by atoms with Gasteiger partial charge in [-0.1, -0.05) is 0 Å². The van der Waals surface area contributed by atoms with Crippen LogP contribution in [0, 0.1) is 0 Å². The van der Waals surface area contributed by atoms with Gasteiger partial charge in [-0.25, -0.2) is 0 Å². The molecule has 1 aromatic carbocycles. The molecule has 0 saturated heterocycles. The maximum absolute atomic E-state index is 6.90. The van der Waals surface area contributed by atoms with Crippen molar-refractivity contribution in [2.75, 3.05) is 0 Å². The zero-order chi connectivity index (χ0) is 22.5. The molecule has 3 aliphatic carbocycles. The van der Waals surface area contributed by atoms with Crippen molar-refractivity contribution in [3.05, 3.63) is 102 Å². The molecular weight excluding hydrogens is 515 g/mol. The van der Waals surface area contributed by atoms with Crippen molar-refractivity contribution >= 4 is 32.0 Å². The summed E-state index contributed by atoms with van der Waals surface area (Å²) in [6.45, 7) is 11.4. The number of hydrogen-bond donors (Lipinski definition) is 0. The van der Waals surface area contributed by atoms with Crippen LogP contribution in [0.2, 0.25) is 0 Å². The van der Waals surface area contributed by atoms with E-state index in [1.54, 1.807) is 0 Å². The first-order valence-corrected chi connectivity index (χ1v) is 19.2. The summed E-state index contributed by atoms with van der Waals surface area (Å²) in [5, 5.41) is 1.37. The SMILES string of the molecule is CCC1=C(C)CC(C2(c3ccccc3)C(=[SiH2])C=CC=C3C(C)=C(C)[C]([Zr]([Cl])[Cl])=C32)=C1C. The Hall–Kier alpha value is -0.790. The second-order valence-electron chi connectivity index (χ2n) is 8.73. The second kappa shape index (κ2) is 8.86. The average molecular weight is 544 g/mol. The van der Waals surface area contributed by atoms with Gasteiger partial charge in [-0.3, -0.25) is 0 Å². The van der Waals surface area contributed by atoms with Gasteiger partial charge < -0.3 is 0 Å². The Morgan fingerprint density at radius 1 is 1.00 bits per heavy atom. The monoisotopic (exact) mass is 541 g/mol. The van der Waals surface area contributed by atoms with Crippen LogP contribution in [0.5, 0.6) is 0 Å². The topological polar surface area (TPSA) is 0 Å². The van der Waals surface area contributed by atoms with Crippen LogP contribution in [0.1, 0.15) is 53.0 Å². The minimum absolute atomic E-state index is 0.329. The first-order chi connectivity index (χ1) is 14.8. The van der Waals surface area contributed by atoms with Crippen LogP contribution < -0.4 is 0 Å². The van der Waals surface area contributed by atoms with Crippen molar-refractivity contribution in [3.63, 3.8) is 0 Å². The Morgan fingerprint density at radius 3 is 2.26 bits per heavy atom. The van der Waals surface area contributed by atoms with Gasteiger partial charge in [0.25, 0.3) is 0 Å². The third kappa shape index (κ3) is 3.45. The van der Waals surface area contributed by atoms with E-state index < -0.39 is 19.4 Å².